The molecular formula is C15H19N3O. The predicted molar refractivity (Wildman–Crippen MR) is 74.3 cm³/mol. The van der Waals surface area contributed by atoms with E-state index in [-0.39, 0.29) is 12.1 Å². The topological polar surface area (TPSA) is 53.1 Å². The molecule has 1 aliphatic rings. The minimum atomic E-state index is 0.00426. The van der Waals surface area contributed by atoms with Crippen LogP contribution in [-0.4, -0.2) is 16.7 Å². The quantitative estimate of drug-likeness (QED) is 0.917. The minimum Gasteiger partial charge on any atom is -0.497 e. The van der Waals surface area contributed by atoms with E-state index >= 15 is 0 Å². The highest BCUT2D eigenvalue weighted by molar-refractivity contribution is 5.42. The first-order chi connectivity index (χ1) is 9.24. The summed E-state index contributed by atoms with van der Waals surface area (Å²) in [6, 6.07) is 6.45. The number of hydrogen-bond acceptors (Lipinski definition) is 3. The number of aryl methyl sites for hydroxylation is 1. The van der Waals surface area contributed by atoms with Crippen LogP contribution in [0.15, 0.2) is 30.6 Å². The molecule has 0 fully saturated rings. The molecule has 0 radical (unpaired) electrons. The van der Waals surface area contributed by atoms with Crippen molar-refractivity contribution in [2.24, 2.45) is 5.73 Å². The molecule has 100 valence electrons. The van der Waals surface area contributed by atoms with Crippen molar-refractivity contribution >= 4 is 0 Å². The molecule has 3 rings (SSSR count). The number of nitrogens with two attached hydrogens (primary N) is 1. The summed E-state index contributed by atoms with van der Waals surface area (Å²) in [4.78, 5) is 4.39. The van der Waals surface area contributed by atoms with Gasteiger partial charge in [0.2, 0.25) is 0 Å². The van der Waals surface area contributed by atoms with Gasteiger partial charge in [0.05, 0.1) is 19.2 Å². The van der Waals surface area contributed by atoms with Gasteiger partial charge in [0.1, 0.15) is 11.6 Å². The van der Waals surface area contributed by atoms with Gasteiger partial charge in [0, 0.05) is 18.8 Å². The molecular weight excluding hydrogens is 238 g/mol. The molecule has 2 N–H and O–H groups in total. The summed E-state index contributed by atoms with van der Waals surface area (Å²) in [7, 11) is 1.69. The standard InChI is InChI=1S/C15H19N3O/c1-3-14-17-6-7-18(14)13-8-10-4-5-11(19-2)9-12(10)15(13)16/h4-7,9,13,15H,3,8,16H2,1-2H3. The van der Waals surface area contributed by atoms with Crippen LogP contribution in [0.4, 0.5) is 0 Å². The summed E-state index contributed by atoms with van der Waals surface area (Å²) in [5.74, 6) is 1.97. The van der Waals surface area contributed by atoms with Gasteiger partial charge in [-0.15, -0.1) is 0 Å². The smallest absolute Gasteiger partial charge is 0.119 e. The lowest BCUT2D eigenvalue weighted by atomic mass is 10.1. The lowest BCUT2D eigenvalue weighted by Crippen LogP contribution is -2.22. The molecule has 0 amide bonds. The number of nitrogens with zero attached hydrogens (tertiary/aromatic N) is 2. The van der Waals surface area contributed by atoms with Crippen molar-refractivity contribution in [2.45, 2.75) is 31.8 Å². The van der Waals surface area contributed by atoms with Gasteiger partial charge in [0.25, 0.3) is 0 Å². The highest BCUT2D eigenvalue weighted by atomic mass is 16.5. The monoisotopic (exact) mass is 257 g/mol. The van der Waals surface area contributed by atoms with E-state index in [0.717, 1.165) is 24.4 Å². The van der Waals surface area contributed by atoms with Gasteiger partial charge in [0.15, 0.2) is 0 Å². The van der Waals surface area contributed by atoms with Crippen molar-refractivity contribution in [2.75, 3.05) is 7.11 Å². The number of imidazole rings is 1. The second-order valence-electron chi connectivity index (χ2n) is 4.97. The van der Waals surface area contributed by atoms with Crippen LogP contribution in [0.1, 0.15) is 36.0 Å². The molecule has 0 saturated heterocycles. The Bertz CT molecular complexity index is 591. The highest BCUT2D eigenvalue weighted by Gasteiger charge is 2.32. The fourth-order valence-electron chi connectivity index (χ4n) is 2.95. The van der Waals surface area contributed by atoms with Gasteiger partial charge in [-0.05, 0) is 29.7 Å². The Kier molecular flexibility index (Phi) is 3.03. The summed E-state index contributed by atoms with van der Waals surface area (Å²) in [6.45, 7) is 2.12. The molecule has 0 saturated carbocycles. The number of ether oxygens (including phenoxy) is 1. The summed E-state index contributed by atoms with van der Waals surface area (Å²) >= 11 is 0. The average molecular weight is 257 g/mol. The van der Waals surface area contributed by atoms with E-state index in [2.05, 4.69) is 28.6 Å². The van der Waals surface area contributed by atoms with E-state index < -0.39 is 0 Å². The lowest BCUT2D eigenvalue weighted by Gasteiger charge is -2.20. The van der Waals surface area contributed by atoms with Crippen molar-refractivity contribution < 1.29 is 4.74 Å². The molecule has 2 atom stereocenters. The normalized spacial score (nSPS) is 21.4. The first-order valence-electron chi connectivity index (χ1n) is 6.68. The molecule has 1 heterocycles. The van der Waals surface area contributed by atoms with Crippen LogP contribution in [0.2, 0.25) is 0 Å². The van der Waals surface area contributed by atoms with Crippen molar-refractivity contribution in [1.82, 2.24) is 9.55 Å². The first kappa shape index (κ1) is 12.2. The van der Waals surface area contributed by atoms with E-state index in [1.165, 1.54) is 11.1 Å². The SMILES string of the molecule is CCc1nccn1C1Cc2ccc(OC)cc2C1N. The number of methoxy groups -OCH3 is 1. The fraction of sp³-hybridized carbons (Fsp3) is 0.400. The number of aromatic nitrogens is 2. The largest absolute Gasteiger partial charge is 0.497 e. The van der Waals surface area contributed by atoms with Gasteiger partial charge in [-0.3, -0.25) is 0 Å². The minimum absolute atomic E-state index is 0.00426. The number of fused-ring (bicyclic) bond motifs is 1. The van der Waals surface area contributed by atoms with Crippen LogP contribution < -0.4 is 10.5 Å². The van der Waals surface area contributed by atoms with Crippen LogP contribution in [0.5, 0.6) is 5.75 Å². The number of hydrogen-bond donors (Lipinski definition) is 1. The fourth-order valence-corrected chi connectivity index (χ4v) is 2.95. The summed E-state index contributed by atoms with van der Waals surface area (Å²) in [5.41, 5.74) is 8.93. The van der Waals surface area contributed by atoms with E-state index in [1.54, 1.807) is 7.11 Å². The van der Waals surface area contributed by atoms with Crippen molar-refractivity contribution in [3.8, 4) is 5.75 Å². The van der Waals surface area contributed by atoms with Crippen molar-refractivity contribution in [1.29, 1.82) is 0 Å². The zero-order valence-corrected chi connectivity index (χ0v) is 11.3. The summed E-state index contributed by atoms with van der Waals surface area (Å²) in [5, 5.41) is 0. The highest BCUT2D eigenvalue weighted by Crippen LogP contribution is 2.39. The van der Waals surface area contributed by atoms with Crippen LogP contribution in [0.3, 0.4) is 0 Å². The molecule has 0 aliphatic heterocycles. The summed E-state index contributed by atoms with van der Waals surface area (Å²) < 4.78 is 7.50. The zero-order valence-electron chi connectivity index (χ0n) is 11.3. The Morgan fingerprint density at radius 1 is 1.47 bits per heavy atom. The molecule has 1 aliphatic carbocycles. The molecule has 4 heteroatoms. The van der Waals surface area contributed by atoms with E-state index in [0.29, 0.717) is 0 Å². The first-order valence-corrected chi connectivity index (χ1v) is 6.68. The van der Waals surface area contributed by atoms with Crippen molar-refractivity contribution in [3.63, 3.8) is 0 Å². The molecule has 4 nitrogen and oxygen atoms in total. The number of benzene rings is 1. The third kappa shape index (κ3) is 1.92. The van der Waals surface area contributed by atoms with Gasteiger partial charge in [-0.25, -0.2) is 4.98 Å². The maximum Gasteiger partial charge on any atom is 0.119 e. The predicted octanol–water partition coefficient (Wildman–Crippen LogP) is 2.25. The number of rotatable bonds is 3. The van der Waals surface area contributed by atoms with Gasteiger partial charge in [-0.1, -0.05) is 13.0 Å². The Labute approximate surface area is 113 Å². The van der Waals surface area contributed by atoms with Crippen molar-refractivity contribution in [3.05, 3.63) is 47.5 Å². The second-order valence-corrected chi connectivity index (χ2v) is 4.97. The molecule has 19 heavy (non-hydrogen) atoms. The van der Waals surface area contributed by atoms with E-state index in [4.69, 9.17) is 10.5 Å². The Balaban J connectivity index is 1.97. The van der Waals surface area contributed by atoms with Gasteiger partial charge in [-0.2, -0.15) is 0 Å². The van der Waals surface area contributed by atoms with Crippen LogP contribution >= 0.6 is 0 Å². The molecule has 1 aromatic carbocycles. The van der Waals surface area contributed by atoms with E-state index in [1.807, 2.05) is 18.5 Å². The maximum absolute atomic E-state index is 6.42. The van der Waals surface area contributed by atoms with E-state index in [9.17, 15) is 0 Å². The summed E-state index contributed by atoms with van der Waals surface area (Å²) in [6.07, 6.45) is 5.78. The van der Waals surface area contributed by atoms with Gasteiger partial charge < -0.3 is 15.0 Å². The Morgan fingerprint density at radius 2 is 2.32 bits per heavy atom. The third-order valence-corrected chi connectivity index (χ3v) is 3.98. The second kappa shape index (κ2) is 4.70. The molecule has 0 spiro atoms. The Hall–Kier alpha value is -1.81. The van der Waals surface area contributed by atoms with Crippen LogP contribution in [-0.2, 0) is 12.8 Å². The molecule has 2 aromatic rings. The molecule has 2 unspecified atom stereocenters. The third-order valence-electron chi connectivity index (χ3n) is 3.98. The van der Waals surface area contributed by atoms with Gasteiger partial charge >= 0.3 is 0 Å². The lowest BCUT2D eigenvalue weighted by molar-refractivity contribution is 0.412. The zero-order chi connectivity index (χ0) is 13.4. The molecule has 0 bridgehead atoms. The van der Waals surface area contributed by atoms with Crippen LogP contribution in [0.25, 0.3) is 0 Å². The maximum atomic E-state index is 6.42. The Morgan fingerprint density at radius 3 is 3.05 bits per heavy atom. The molecule has 1 aromatic heterocycles. The average Bonchev–Trinajstić information content (AvgIpc) is 3.03. The van der Waals surface area contributed by atoms with Crippen LogP contribution in [0, 0.1) is 0 Å².